The summed E-state index contributed by atoms with van der Waals surface area (Å²) in [6.07, 6.45) is 12.1. The molecule has 1 saturated heterocycles. The zero-order chi connectivity index (χ0) is 19.2. The fraction of sp³-hybridized carbons (Fsp3) is 0.875. The molecule has 0 aromatic heterocycles. The quantitative estimate of drug-likeness (QED) is 0.420. The number of rotatable bonds is 4. The van der Waals surface area contributed by atoms with Gasteiger partial charge in [0.2, 0.25) is 0 Å². The summed E-state index contributed by atoms with van der Waals surface area (Å²) >= 11 is 0. The zero-order valence-corrected chi connectivity index (χ0v) is 18.0. The van der Waals surface area contributed by atoms with Crippen LogP contribution in [-0.2, 0) is 9.53 Å². The summed E-state index contributed by atoms with van der Waals surface area (Å²) in [5, 5.41) is 0. The maximum Gasteiger partial charge on any atom is 0.333 e. The van der Waals surface area contributed by atoms with Gasteiger partial charge in [-0.2, -0.15) is 0 Å². The van der Waals surface area contributed by atoms with Gasteiger partial charge >= 0.3 is 5.97 Å². The molecule has 0 spiro atoms. The topological polar surface area (TPSA) is 26.3 Å². The van der Waals surface area contributed by atoms with Gasteiger partial charge in [0.15, 0.2) is 0 Å². The van der Waals surface area contributed by atoms with Crippen LogP contribution in [0.5, 0.6) is 0 Å². The normalized spacial score (nSPS) is 47.7. The van der Waals surface area contributed by atoms with Gasteiger partial charge in [-0.3, -0.25) is 0 Å². The lowest BCUT2D eigenvalue weighted by molar-refractivity contribution is -0.154. The van der Waals surface area contributed by atoms with E-state index in [1.807, 2.05) is 0 Å². The molecule has 2 nitrogen and oxygen atoms in total. The number of allylic oxidation sites excluding steroid dienone is 1. The lowest BCUT2D eigenvalue weighted by Crippen LogP contribution is -2.57. The molecule has 3 rings (SSSR count). The van der Waals surface area contributed by atoms with Gasteiger partial charge in [0.05, 0.1) is 6.61 Å². The smallest absolute Gasteiger partial charge is 0.333 e. The second-order valence-corrected chi connectivity index (χ2v) is 10.3. The summed E-state index contributed by atoms with van der Waals surface area (Å²) in [6.45, 7) is 15.5. The Morgan fingerprint density at radius 2 is 1.85 bits per heavy atom. The van der Waals surface area contributed by atoms with E-state index in [0.29, 0.717) is 28.8 Å². The van der Waals surface area contributed by atoms with Crippen LogP contribution in [0.3, 0.4) is 0 Å². The van der Waals surface area contributed by atoms with Gasteiger partial charge in [-0.05, 0) is 66.1 Å². The molecular formula is C24H40O2. The lowest BCUT2D eigenvalue weighted by Gasteiger charge is -2.65. The molecule has 1 aliphatic heterocycles. The number of carbonyl (C=O) groups excluding carboxylic acids is 1. The molecule has 0 aromatic rings. The molecular weight excluding hydrogens is 320 g/mol. The fourth-order valence-corrected chi connectivity index (χ4v) is 7.11. The molecule has 1 unspecified atom stereocenters. The fourth-order valence-electron chi connectivity index (χ4n) is 7.11. The Bertz CT molecular complexity index is 579. The molecule has 0 aromatic carbocycles. The highest BCUT2D eigenvalue weighted by Gasteiger charge is 2.59. The van der Waals surface area contributed by atoms with Crippen LogP contribution in [0.4, 0.5) is 0 Å². The number of hydrogen-bond donors (Lipinski definition) is 0. The second-order valence-electron chi connectivity index (χ2n) is 10.3. The zero-order valence-electron chi connectivity index (χ0n) is 18.0. The molecule has 0 radical (unpaired) electrons. The van der Waals surface area contributed by atoms with E-state index in [9.17, 15) is 4.79 Å². The van der Waals surface area contributed by atoms with E-state index in [4.69, 9.17) is 4.74 Å². The Morgan fingerprint density at radius 3 is 2.42 bits per heavy atom. The minimum atomic E-state index is -0.0728. The van der Waals surface area contributed by atoms with E-state index in [2.05, 4.69) is 47.6 Å². The molecule has 26 heavy (non-hydrogen) atoms. The van der Waals surface area contributed by atoms with Crippen molar-refractivity contribution in [2.45, 2.75) is 92.9 Å². The van der Waals surface area contributed by atoms with Crippen LogP contribution in [0.1, 0.15) is 92.9 Å². The molecule has 3 aliphatic rings. The third-order valence-electron chi connectivity index (χ3n) is 9.51. The monoisotopic (exact) mass is 360 g/mol. The van der Waals surface area contributed by atoms with Crippen molar-refractivity contribution >= 4 is 5.97 Å². The van der Waals surface area contributed by atoms with Crippen LogP contribution in [0.15, 0.2) is 11.6 Å². The van der Waals surface area contributed by atoms with Crippen molar-refractivity contribution < 1.29 is 9.53 Å². The van der Waals surface area contributed by atoms with Crippen molar-refractivity contribution in [2.24, 2.45) is 34.0 Å². The van der Waals surface area contributed by atoms with Crippen LogP contribution in [-0.4, -0.2) is 12.6 Å². The van der Waals surface area contributed by atoms with Crippen LogP contribution in [0.25, 0.3) is 0 Å². The molecule has 6 atom stereocenters. The van der Waals surface area contributed by atoms with Gasteiger partial charge in [0, 0.05) is 12.0 Å². The minimum Gasteiger partial charge on any atom is -0.462 e. The number of ether oxygens (including phenoxy) is 1. The molecule has 0 amide bonds. The Labute approximate surface area is 161 Å². The summed E-state index contributed by atoms with van der Waals surface area (Å²) in [7, 11) is 0. The summed E-state index contributed by atoms with van der Waals surface area (Å²) in [4.78, 5) is 11.9. The van der Waals surface area contributed by atoms with Crippen molar-refractivity contribution in [1.29, 1.82) is 0 Å². The number of esters is 1. The molecule has 0 bridgehead atoms. The van der Waals surface area contributed by atoms with Crippen molar-refractivity contribution in [3.05, 3.63) is 11.6 Å². The van der Waals surface area contributed by atoms with E-state index in [0.717, 1.165) is 30.3 Å². The van der Waals surface area contributed by atoms with E-state index >= 15 is 0 Å². The van der Waals surface area contributed by atoms with Gasteiger partial charge in [0.25, 0.3) is 0 Å². The predicted octanol–water partition coefficient (Wildman–Crippen LogP) is 6.54. The van der Waals surface area contributed by atoms with Gasteiger partial charge in [0.1, 0.15) is 0 Å². The Morgan fingerprint density at radius 1 is 1.12 bits per heavy atom. The molecule has 0 N–H and O–H groups in total. The molecule has 148 valence electrons. The van der Waals surface area contributed by atoms with Gasteiger partial charge in [-0.15, -0.1) is 0 Å². The van der Waals surface area contributed by atoms with Crippen molar-refractivity contribution in [2.75, 3.05) is 6.61 Å². The van der Waals surface area contributed by atoms with Crippen molar-refractivity contribution in [3.8, 4) is 0 Å². The first kappa shape index (κ1) is 20.0. The van der Waals surface area contributed by atoms with E-state index in [1.54, 1.807) is 0 Å². The predicted molar refractivity (Wildman–Crippen MR) is 108 cm³/mol. The summed E-state index contributed by atoms with van der Waals surface area (Å²) in [5.74, 6) is 2.22. The average Bonchev–Trinajstić information content (AvgIpc) is 3.03. The van der Waals surface area contributed by atoms with Crippen LogP contribution < -0.4 is 0 Å². The first-order valence-corrected chi connectivity index (χ1v) is 11.1. The number of cyclic esters (lactones) is 1. The Balaban J connectivity index is 1.96. The van der Waals surface area contributed by atoms with Gasteiger partial charge in [-0.25, -0.2) is 4.79 Å². The third kappa shape index (κ3) is 2.96. The lowest BCUT2D eigenvalue weighted by atomic mass is 9.40. The van der Waals surface area contributed by atoms with Crippen molar-refractivity contribution in [1.82, 2.24) is 0 Å². The molecule has 2 aliphatic carbocycles. The maximum absolute atomic E-state index is 11.9. The molecule has 1 heterocycles. The highest BCUT2D eigenvalue weighted by atomic mass is 16.5. The number of hydrogen-bond acceptors (Lipinski definition) is 2. The summed E-state index contributed by atoms with van der Waals surface area (Å²) < 4.78 is 5.17. The number of carbonyl (C=O) groups is 1. The van der Waals surface area contributed by atoms with Crippen LogP contribution in [0, 0.1) is 34.0 Å². The Kier molecular flexibility index (Phi) is 5.36. The standard InChI is InChI=1S/C24H40O2/c1-7-22(4)14-12-20-23(5,8-2)17(3)11-15-24(20,6)19(22)10-9-18-13-16-26-21(18)25/h9,17,19-20H,7-8,10-16H2,1-6H3/b18-9+/t17-,19+,20?,22+,23-,24-/m1/s1. The van der Waals surface area contributed by atoms with Crippen molar-refractivity contribution in [3.63, 3.8) is 0 Å². The largest absolute Gasteiger partial charge is 0.462 e. The van der Waals surface area contributed by atoms with Crippen LogP contribution in [0.2, 0.25) is 0 Å². The van der Waals surface area contributed by atoms with E-state index in [-0.39, 0.29) is 5.97 Å². The summed E-state index contributed by atoms with van der Waals surface area (Å²) in [6, 6.07) is 0. The number of fused-ring (bicyclic) bond motifs is 1. The molecule has 3 fully saturated rings. The highest BCUT2D eigenvalue weighted by molar-refractivity contribution is 5.90. The Hall–Kier alpha value is -0.790. The average molecular weight is 361 g/mol. The first-order chi connectivity index (χ1) is 12.2. The minimum absolute atomic E-state index is 0.0728. The van der Waals surface area contributed by atoms with Crippen LogP contribution >= 0.6 is 0 Å². The molecule has 2 saturated carbocycles. The highest BCUT2D eigenvalue weighted by Crippen LogP contribution is 2.67. The first-order valence-electron chi connectivity index (χ1n) is 11.1. The van der Waals surface area contributed by atoms with Gasteiger partial charge < -0.3 is 4.74 Å². The molecule has 2 heteroatoms. The third-order valence-corrected chi connectivity index (χ3v) is 9.51. The van der Waals surface area contributed by atoms with E-state index in [1.165, 1.54) is 38.5 Å². The second kappa shape index (κ2) is 6.99. The summed E-state index contributed by atoms with van der Waals surface area (Å²) in [5.41, 5.74) is 2.16. The maximum atomic E-state index is 11.9. The SMILES string of the molecule is CC[C@@]1(C)CCC2[C@](C)(CC)[C@H](C)CC[C@]2(C)[C@H]1C/C=C1\CCOC1=O. The van der Waals surface area contributed by atoms with E-state index < -0.39 is 0 Å². The van der Waals surface area contributed by atoms with Gasteiger partial charge in [-0.1, -0.05) is 60.5 Å².